The van der Waals surface area contributed by atoms with Crippen molar-refractivity contribution in [3.8, 4) is 0 Å². The number of hydrogen-bond acceptors (Lipinski definition) is 1. The molecule has 0 saturated heterocycles. The van der Waals surface area contributed by atoms with Crippen LogP contribution in [0.4, 0.5) is 0 Å². The van der Waals surface area contributed by atoms with Crippen LogP contribution in [0.3, 0.4) is 0 Å². The Kier molecular flexibility index (Phi) is 1.34. The van der Waals surface area contributed by atoms with Gasteiger partial charge in [0.1, 0.15) is 0 Å². The van der Waals surface area contributed by atoms with Gasteiger partial charge in [-0.1, -0.05) is 25.5 Å². The summed E-state index contributed by atoms with van der Waals surface area (Å²) in [5, 5.41) is 0. The molecule has 0 radical (unpaired) electrons. The van der Waals surface area contributed by atoms with E-state index in [1.165, 1.54) is 12.8 Å². The lowest BCUT2D eigenvalue weighted by Crippen LogP contribution is -2.33. The fraction of sp³-hybridized carbons (Fsp3) is 0.778. The van der Waals surface area contributed by atoms with Crippen LogP contribution >= 0.6 is 0 Å². The molecule has 0 aromatic rings. The van der Waals surface area contributed by atoms with Crippen LogP contribution in [0.5, 0.6) is 0 Å². The number of fused-ring (bicyclic) bond motifs is 2. The van der Waals surface area contributed by atoms with Gasteiger partial charge in [0.15, 0.2) is 0 Å². The van der Waals surface area contributed by atoms with Crippen molar-refractivity contribution in [1.29, 1.82) is 0 Å². The topological polar surface area (TPSA) is 26.0 Å². The monoisotopic (exact) mass is 137 g/mol. The van der Waals surface area contributed by atoms with Crippen molar-refractivity contribution in [2.75, 3.05) is 0 Å². The van der Waals surface area contributed by atoms with Gasteiger partial charge in [0.25, 0.3) is 0 Å². The summed E-state index contributed by atoms with van der Waals surface area (Å²) in [6, 6.07) is 0.472. The standard InChI is InChI=1S/C9H15N/c1-2-8-6-3-4-7(5-6)9(8)10/h3-4,6-9H,2,5,10H2,1H3. The zero-order chi connectivity index (χ0) is 7.14. The predicted octanol–water partition coefficient (Wildman–Crippen LogP) is 1.55. The van der Waals surface area contributed by atoms with Gasteiger partial charge >= 0.3 is 0 Å². The largest absolute Gasteiger partial charge is 0.327 e. The summed E-state index contributed by atoms with van der Waals surface area (Å²) in [4.78, 5) is 0. The quantitative estimate of drug-likeness (QED) is 0.545. The van der Waals surface area contributed by atoms with Crippen LogP contribution in [0, 0.1) is 17.8 Å². The third-order valence-corrected chi connectivity index (χ3v) is 3.16. The van der Waals surface area contributed by atoms with E-state index >= 15 is 0 Å². The van der Waals surface area contributed by atoms with E-state index in [9.17, 15) is 0 Å². The van der Waals surface area contributed by atoms with Crippen molar-refractivity contribution >= 4 is 0 Å². The minimum Gasteiger partial charge on any atom is -0.327 e. The molecule has 2 aliphatic rings. The first-order valence-corrected chi connectivity index (χ1v) is 4.27. The van der Waals surface area contributed by atoms with E-state index in [4.69, 9.17) is 5.73 Å². The Morgan fingerprint density at radius 3 is 2.50 bits per heavy atom. The maximum Gasteiger partial charge on any atom is 0.0136 e. The van der Waals surface area contributed by atoms with Crippen LogP contribution < -0.4 is 5.73 Å². The highest BCUT2D eigenvalue weighted by Gasteiger charge is 2.40. The Balaban J connectivity index is 2.18. The summed E-state index contributed by atoms with van der Waals surface area (Å²) in [5.74, 6) is 2.33. The third-order valence-electron chi connectivity index (χ3n) is 3.16. The van der Waals surface area contributed by atoms with E-state index in [0.29, 0.717) is 6.04 Å². The first-order valence-electron chi connectivity index (χ1n) is 4.27. The van der Waals surface area contributed by atoms with Crippen molar-refractivity contribution in [3.05, 3.63) is 12.2 Å². The Morgan fingerprint density at radius 1 is 1.40 bits per heavy atom. The van der Waals surface area contributed by atoms with Crippen LogP contribution in [0.25, 0.3) is 0 Å². The maximum absolute atomic E-state index is 6.02. The molecule has 2 rings (SSSR count). The fourth-order valence-electron chi connectivity index (χ4n) is 2.54. The highest BCUT2D eigenvalue weighted by Crippen LogP contribution is 2.43. The summed E-state index contributed by atoms with van der Waals surface area (Å²) >= 11 is 0. The molecule has 2 aliphatic carbocycles. The van der Waals surface area contributed by atoms with Crippen LogP contribution in [0.1, 0.15) is 19.8 Å². The Bertz CT molecular complexity index is 162. The molecule has 10 heavy (non-hydrogen) atoms. The van der Waals surface area contributed by atoms with Crippen LogP contribution in [-0.2, 0) is 0 Å². The lowest BCUT2D eigenvalue weighted by Gasteiger charge is -2.22. The van der Waals surface area contributed by atoms with Gasteiger partial charge in [-0.25, -0.2) is 0 Å². The van der Waals surface area contributed by atoms with Gasteiger partial charge in [-0.2, -0.15) is 0 Å². The van der Waals surface area contributed by atoms with Crippen molar-refractivity contribution in [2.45, 2.75) is 25.8 Å². The van der Waals surface area contributed by atoms with E-state index < -0.39 is 0 Å². The van der Waals surface area contributed by atoms with Gasteiger partial charge in [-0.15, -0.1) is 0 Å². The normalized spacial score (nSPS) is 50.6. The molecule has 4 atom stereocenters. The molecular weight excluding hydrogens is 122 g/mol. The summed E-state index contributed by atoms with van der Waals surface area (Å²) in [7, 11) is 0. The molecule has 0 heterocycles. The first-order chi connectivity index (χ1) is 4.83. The molecule has 0 aromatic carbocycles. The molecule has 0 aliphatic heterocycles. The second-order valence-corrected chi connectivity index (χ2v) is 3.60. The smallest absolute Gasteiger partial charge is 0.0136 e. The summed E-state index contributed by atoms with van der Waals surface area (Å²) in [5.41, 5.74) is 6.02. The van der Waals surface area contributed by atoms with E-state index in [1.807, 2.05) is 0 Å². The summed E-state index contributed by atoms with van der Waals surface area (Å²) in [6.07, 6.45) is 7.26. The molecule has 1 heteroatoms. The number of allylic oxidation sites excluding steroid dienone is 1. The van der Waals surface area contributed by atoms with E-state index in [-0.39, 0.29) is 0 Å². The van der Waals surface area contributed by atoms with E-state index in [1.54, 1.807) is 0 Å². The van der Waals surface area contributed by atoms with Crippen molar-refractivity contribution < 1.29 is 0 Å². The van der Waals surface area contributed by atoms with Gasteiger partial charge in [0, 0.05) is 6.04 Å². The van der Waals surface area contributed by atoms with Crippen molar-refractivity contribution in [2.24, 2.45) is 23.5 Å². The van der Waals surface area contributed by atoms with Crippen molar-refractivity contribution in [3.63, 3.8) is 0 Å². The van der Waals surface area contributed by atoms with Crippen LogP contribution in [0.15, 0.2) is 12.2 Å². The number of hydrogen-bond donors (Lipinski definition) is 1. The van der Waals surface area contributed by atoms with Gasteiger partial charge in [0.05, 0.1) is 0 Å². The highest BCUT2D eigenvalue weighted by molar-refractivity contribution is 5.15. The Labute approximate surface area is 62.3 Å². The third kappa shape index (κ3) is 0.671. The second kappa shape index (κ2) is 2.09. The van der Waals surface area contributed by atoms with Crippen LogP contribution in [-0.4, -0.2) is 6.04 Å². The average molecular weight is 137 g/mol. The molecular formula is C9H15N. The van der Waals surface area contributed by atoms with Crippen molar-refractivity contribution in [1.82, 2.24) is 0 Å². The lowest BCUT2D eigenvalue weighted by atomic mass is 9.88. The minimum atomic E-state index is 0.472. The maximum atomic E-state index is 6.02. The zero-order valence-electron chi connectivity index (χ0n) is 6.46. The Morgan fingerprint density at radius 2 is 2.10 bits per heavy atom. The zero-order valence-corrected chi connectivity index (χ0v) is 6.46. The molecule has 56 valence electrons. The van der Waals surface area contributed by atoms with E-state index in [2.05, 4.69) is 19.1 Å². The SMILES string of the molecule is CCC1C2C=CC(C2)C1N. The molecule has 2 N–H and O–H groups in total. The van der Waals surface area contributed by atoms with Gasteiger partial charge in [-0.05, 0) is 24.2 Å². The molecule has 0 amide bonds. The van der Waals surface area contributed by atoms with Crippen LogP contribution in [0.2, 0.25) is 0 Å². The highest BCUT2D eigenvalue weighted by atomic mass is 14.7. The molecule has 1 saturated carbocycles. The number of nitrogens with two attached hydrogens (primary N) is 1. The summed E-state index contributed by atoms with van der Waals surface area (Å²) in [6.45, 7) is 2.25. The average Bonchev–Trinajstić information content (AvgIpc) is 2.46. The first kappa shape index (κ1) is 6.41. The number of rotatable bonds is 1. The minimum absolute atomic E-state index is 0.472. The molecule has 2 bridgehead atoms. The molecule has 4 unspecified atom stereocenters. The van der Waals surface area contributed by atoms with Gasteiger partial charge in [0.2, 0.25) is 0 Å². The van der Waals surface area contributed by atoms with Gasteiger partial charge < -0.3 is 5.73 Å². The lowest BCUT2D eigenvalue weighted by molar-refractivity contribution is 0.381. The molecule has 1 fully saturated rings. The Hall–Kier alpha value is -0.300. The summed E-state index contributed by atoms with van der Waals surface area (Å²) < 4.78 is 0. The van der Waals surface area contributed by atoms with E-state index in [0.717, 1.165) is 17.8 Å². The fourth-order valence-corrected chi connectivity index (χ4v) is 2.54. The predicted molar refractivity (Wildman–Crippen MR) is 42.5 cm³/mol. The molecule has 0 aromatic heterocycles. The second-order valence-electron chi connectivity index (χ2n) is 3.60. The molecule has 0 spiro atoms. The van der Waals surface area contributed by atoms with Gasteiger partial charge in [-0.3, -0.25) is 0 Å². The molecule has 1 nitrogen and oxygen atoms in total.